The minimum atomic E-state index is -0.0975. The third kappa shape index (κ3) is 5.02. The Hall–Kier alpha value is -3.00. The summed E-state index contributed by atoms with van der Waals surface area (Å²) in [5, 5.41) is 7.24. The van der Waals surface area contributed by atoms with E-state index in [0.29, 0.717) is 31.5 Å². The normalized spacial score (nSPS) is 15.5. The largest absolute Gasteiger partial charge is 0.349 e. The fourth-order valence-corrected chi connectivity index (χ4v) is 4.06. The van der Waals surface area contributed by atoms with Crippen molar-refractivity contribution in [1.82, 2.24) is 25.0 Å². The number of likely N-dealkylation sites (tertiary alicyclic amines) is 1. The van der Waals surface area contributed by atoms with Crippen LogP contribution in [0.2, 0.25) is 0 Å². The van der Waals surface area contributed by atoms with E-state index < -0.39 is 0 Å². The maximum atomic E-state index is 12.8. The number of carbonyl (C=O) groups excluding carboxylic acids is 2. The van der Waals surface area contributed by atoms with Crippen molar-refractivity contribution in [2.24, 2.45) is 5.92 Å². The quantitative estimate of drug-likeness (QED) is 0.601. The molecule has 2 heterocycles. The number of amides is 2. The van der Waals surface area contributed by atoms with Gasteiger partial charge in [0.25, 0.3) is 5.91 Å². The molecule has 0 saturated carbocycles. The molecule has 0 spiro atoms. The van der Waals surface area contributed by atoms with Crippen LogP contribution in [0.4, 0.5) is 0 Å². The number of nitrogens with one attached hydrogen (secondary N) is 1. The van der Waals surface area contributed by atoms with Crippen LogP contribution in [-0.2, 0) is 4.79 Å². The third-order valence-corrected chi connectivity index (χ3v) is 6.21. The van der Waals surface area contributed by atoms with E-state index >= 15 is 0 Å². The molecule has 160 valence electrons. The zero-order valence-corrected chi connectivity index (χ0v) is 18.8. The van der Waals surface area contributed by atoms with E-state index in [2.05, 4.69) is 31.3 Å². The van der Waals surface area contributed by atoms with Crippen molar-refractivity contribution in [3.63, 3.8) is 0 Å². The highest BCUT2D eigenvalue weighted by molar-refractivity contribution is 9.10. The molecule has 3 aromatic rings. The van der Waals surface area contributed by atoms with Gasteiger partial charge in [0.15, 0.2) is 0 Å². The topological polar surface area (TPSA) is 80.1 Å². The van der Waals surface area contributed by atoms with Crippen LogP contribution in [-0.4, -0.2) is 44.6 Å². The predicted molar refractivity (Wildman–Crippen MR) is 121 cm³/mol. The highest BCUT2D eigenvalue weighted by atomic mass is 79.9. The molecular weight excluding hydrogens is 458 g/mol. The molecule has 1 atom stereocenters. The second-order valence-electron chi connectivity index (χ2n) is 7.74. The summed E-state index contributed by atoms with van der Waals surface area (Å²) in [6, 6.07) is 15.2. The number of aromatic nitrogens is 3. The number of nitrogens with zero attached hydrogens (tertiary/aromatic N) is 4. The average Bonchev–Trinajstić information content (AvgIpc) is 3.34. The molecule has 0 aliphatic carbocycles. The first-order valence-electron chi connectivity index (χ1n) is 10.3. The number of carbonyl (C=O) groups is 2. The molecule has 1 aromatic heterocycles. The Morgan fingerprint density at radius 2 is 1.74 bits per heavy atom. The van der Waals surface area contributed by atoms with Gasteiger partial charge in [0.1, 0.15) is 12.7 Å². The molecule has 31 heavy (non-hydrogen) atoms. The summed E-state index contributed by atoms with van der Waals surface area (Å²) in [4.78, 5) is 31.2. The Labute approximate surface area is 189 Å². The molecule has 1 unspecified atom stereocenters. The van der Waals surface area contributed by atoms with Gasteiger partial charge in [-0.2, -0.15) is 5.10 Å². The van der Waals surface area contributed by atoms with Crippen molar-refractivity contribution in [3.8, 4) is 5.69 Å². The summed E-state index contributed by atoms with van der Waals surface area (Å²) in [5.74, 6) is -0.0124. The van der Waals surface area contributed by atoms with Crippen molar-refractivity contribution in [1.29, 1.82) is 0 Å². The van der Waals surface area contributed by atoms with Crippen LogP contribution >= 0.6 is 15.9 Å². The number of benzene rings is 2. The summed E-state index contributed by atoms with van der Waals surface area (Å²) in [5.41, 5.74) is 2.62. The van der Waals surface area contributed by atoms with Crippen molar-refractivity contribution in [2.45, 2.75) is 25.8 Å². The van der Waals surface area contributed by atoms with Crippen LogP contribution in [0.15, 0.2) is 65.7 Å². The summed E-state index contributed by atoms with van der Waals surface area (Å²) in [6.07, 6.45) is 4.49. The van der Waals surface area contributed by atoms with E-state index in [0.717, 1.165) is 15.7 Å². The number of rotatable bonds is 5. The summed E-state index contributed by atoms with van der Waals surface area (Å²) in [7, 11) is 0. The van der Waals surface area contributed by atoms with Gasteiger partial charge in [-0.15, -0.1) is 0 Å². The molecule has 0 radical (unpaired) electrons. The van der Waals surface area contributed by atoms with Crippen LogP contribution < -0.4 is 5.32 Å². The smallest absolute Gasteiger partial charge is 0.253 e. The van der Waals surface area contributed by atoms with Crippen LogP contribution in [0.1, 0.15) is 41.7 Å². The van der Waals surface area contributed by atoms with Gasteiger partial charge in [0, 0.05) is 29.0 Å². The molecule has 1 saturated heterocycles. The molecule has 2 aromatic carbocycles. The van der Waals surface area contributed by atoms with Crippen LogP contribution in [0.5, 0.6) is 0 Å². The summed E-state index contributed by atoms with van der Waals surface area (Å²) >= 11 is 3.39. The molecule has 0 bridgehead atoms. The fraction of sp³-hybridized carbons (Fsp3) is 0.304. The van der Waals surface area contributed by atoms with E-state index in [-0.39, 0.29) is 23.8 Å². The van der Waals surface area contributed by atoms with Gasteiger partial charge in [-0.3, -0.25) is 9.59 Å². The second-order valence-corrected chi connectivity index (χ2v) is 8.65. The molecule has 2 amide bonds. The highest BCUT2D eigenvalue weighted by Crippen LogP contribution is 2.22. The number of hydrogen-bond donors (Lipinski definition) is 1. The number of piperidine rings is 1. The summed E-state index contributed by atoms with van der Waals surface area (Å²) < 4.78 is 2.64. The number of hydrogen-bond acceptors (Lipinski definition) is 4. The van der Waals surface area contributed by atoms with Gasteiger partial charge in [-0.25, -0.2) is 9.67 Å². The number of halogens is 1. The van der Waals surface area contributed by atoms with Gasteiger partial charge in [0.05, 0.1) is 11.7 Å². The Bertz CT molecular complexity index is 1030. The molecule has 1 aliphatic rings. The monoisotopic (exact) mass is 481 g/mol. The van der Waals surface area contributed by atoms with Gasteiger partial charge < -0.3 is 10.2 Å². The van der Waals surface area contributed by atoms with E-state index in [1.165, 1.54) is 6.33 Å². The van der Waals surface area contributed by atoms with Crippen molar-refractivity contribution >= 4 is 27.7 Å². The Kier molecular flexibility index (Phi) is 6.46. The molecule has 8 heteroatoms. The maximum Gasteiger partial charge on any atom is 0.253 e. The van der Waals surface area contributed by atoms with Crippen molar-refractivity contribution < 1.29 is 9.59 Å². The maximum absolute atomic E-state index is 12.8. The van der Waals surface area contributed by atoms with E-state index in [4.69, 9.17) is 0 Å². The van der Waals surface area contributed by atoms with Gasteiger partial charge in [-0.05, 0) is 61.7 Å². The second kappa shape index (κ2) is 9.43. The van der Waals surface area contributed by atoms with Gasteiger partial charge in [-0.1, -0.05) is 28.1 Å². The van der Waals surface area contributed by atoms with Crippen LogP contribution in [0.3, 0.4) is 0 Å². The lowest BCUT2D eigenvalue weighted by Gasteiger charge is -2.32. The first-order valence-corrected chi connectivity index (χ1v) is 11.1. The predicted octanol–water partition coefficient (Wildman–Crippen LogP) is 3.76. The standard InChI is InChI=1S/C23H24BrN5O2/c1-16(17-4-8-21(9-5-17)29-15-25-14-26-29)27-22(30)18-10-12-28(13-11-18)23(31)19-2-6-20(24)7-3-19/h2-9,14-16,18H,10-13H2,1H3,(H,27,30). The minimum Gasteiger partial charge on any atom is -0.349 e. The lowest BCUT2D eigenvalue weighted by molar-refractivity contribution is -0.126. The fourth-order valence-electron chi connectivity index (χ4n) is 3.79. The minimum absolute atomic E-state index is 0.0206. The Balaban J connectivity index is 1.29. The molecule has 1 aliphatic heterocycles. The molecule has 4 rings (SSSR count). The highest BCUT2D eigenvalue weighted by Gasteiger charge is 2.28. The zero-order chi connectivity index (χ0) is 21.8. The Morgan fingerprint density at radius 1 is 1.06 bits per heavy atom. The first-order chi connectivity index (χ1) is 15.0. The molecule has 1 N–H and O–H groups in total. The lowest BCUT2D eigenvalue weighted by Crippen LogP contribution is -2.43. The zero-order valence-electron chi connectivity index (χ0n) is 17.2. The lowest BCUT2D eigenvalue weighted by atomic mass is 9.94. The van der Waals surface area contributed by atoms with Crippen LogP contribution in [0, 0.1) is 5.92 Å². The van der Waals surface area contributed by atoms with Gasteiger partial charge >= 0.3 is 0 Å². The summed E-state index contributed by atoms with van der Waals surface area (Å²) in [6.45, 7) is 3.16. The third-order valence-electron chi connectivity index (χ3n) is 5.68. The van der Waals surface area contributed by atoms with E-state index in [1.807, 2.05) is 60.4 Å². The van der Waals surface area contributed by atoms with E-state index in [9.17, 15) is 9.59 Å². The van der Waals surface area contributed by atoms with Gasteiger partial charge in [0.2, 0.25) is 5.91 Å². The van der Waals surface area contributed by atoms with Crippen LogP contribution in [0.25, 0.3) is 5.69 Å². The van der Waals surface area contributed by atoms with Crippen molar-refractivity contribution in [2.75, 3.05) is 13.1 Å². The first kappa shape index (κ1) is 21.2. The van der Waals surface area contributed by atoms with Crippen molar-refractivity contribution in [3.05, 3.63) is 76.8 Å². The SMILES string of the molecule is CC(NC(=O)C1CCN(C(=O)c2ccc(Br)cc2)CC1)c1ccc(-n2cncn2)cc1. The molecule has 7 nitrogen and oxygen atoms in total. The average molecular weight is 482 g/mol. The molecule has 1 fully saturated rings. The Morgan fingerprint density at radius 3 is 2.35 bits per heavy atom. The van der Waals surface area contributed by atoms with E-state index in [1.54, 1.807) is 11.0 Å². The molecular formula is C23H24BrN5O2.